The molecule has 0 aliphatic rings. The van der Waals surface area contributed by atoms with Gasteiger partial charge in [-0.2, -0.15) is 0 Å². The van der Waals surface area contributed by atoms with Crippen LogP contribution in [0.2, 0.25) is 0 Å². The van der Waals surface area contributed by atoms with E-state index in [-0.39, 0.29) is 62.5 Å². The number of rotatable bonds is 16. The highest BCUT2D eigenvalue weighted by atomic mass is 16.5. The van der Waals surface area contributed by atoms with Gasteiger partial charge in [0.15, 0.2) is 5.78 Å². The molecule has 0 aliphatic heterocycles. The van der Waals surface area contributed by atoms with Gasteiger partial charge in [-0.3, -0.25) is 14.4 Å². The third-order valence-electron chi connectivity index (χ3n) is 5.24. The Kier molecular flexibility index (Phi) is 13.1. The second kappa shape index (κ2) is 15.5. The molecule has 3 atom stereocenters. The zero-order valence-corrected chi connectivity index (χ0v) is 20.5. The number of carbonyl (C=O) groups excluding carboxylic acids is 6. The van der Waals surface area contributed by atoms with Gasteiger partial charge in [0, 0.05) is 19.3 Å². The van der Waals surface area contributed by atoms with Crippen LogP contribution in [0.1, 0.15) is 64.9 Å². The first kappa shape index (κ1) is 29.6. The number of benzene rings is 1. The fourth-order valence-electron chi connectivity index (χ4n) is 3.11. The van der Waals surface area contributed by atoms with Gasteiger partial charge in [-0.15, -0.1) is 0 Å². The zero-order chi connectivity index (χ0) is 26.4. The van der Waals surface area contributed by atoms with Crippen LogP contribution >= 0.6 is 0 Å². The Morgan fingerprint density at radius 3 is 1.91 bits per heavy atom. The largest absolute Gasteiger partial charge is 0.459 e. The van der Waals surface area contributed by atoms with E-state index in [2.05, 4.69) is 10.6 Å². The first-order valence-corrected chi connectivity index (χ1v) is 11.5. The van der Waals surface area contributed by atoms with Gasteiger partial charge in [-0.05, 0) is 45.6 Å². The molecule has 192 valence electrons. The van der Waals surface area contributed by atoms with Crippen LogP contribution in [0.15, 0.2) is 30.3 Å². The van der Waals surface area contributed by atoms with E-state index in [9.17, 15) is 28.8 Å². The van der Waals surface area contributed by atoms with Crippen molar-refractivity contribution >= 4 is 35.1 Å². The monoisotopic (exact) mass is 489 g/mol. The molecule has 0 radical (unpaired) electrons. The minimum Gasteiger partial charge on any atom is -0.459 e. The molecule has 1 aromatic carbocycles. The van der Waals surface area contributed by atoms with E-state index in [1.807, 2.05) is 6.07 Å². The van der Waals surface area contributed by atoms with E-state index < -0.39 is 35.9 Å². The van der Waals surface area contributed by atoms with Gasteiger partial charge in [0.2, 0.25) is 11.8 Å². The average Bonchev–Trinajstić information content (AvgIpc) is 2.81. The van der Waals surface area contributed by atoms with Gasteiger partial charge < -0.3 is 30.7 Å². The van der Waals surface area contributed by atoms with E-state index >= 15 is 0 Å². The summed E-state index contributed by atoms with van der Waals surface area (Å²) in [5.41, 5.74) is 6.64. The third kappa shape index (κ3) is 12.6. The molecule has 0 heterocycles. The molecule has 0 saturated carbocycles. The molecule has 10 heteroatoms. The summed E-state index contributed by atoms with van der Waals surface area (Å²) in [6.07, 6.45) is 0.289. The summed E-state index contributed by atoms with van der Waals surface area (Å²) < 4.78 is 5.28. The van der Waals surface area contributed by atoms with Gasteiger partial charge in [0.1, 0.15) is 24.2 Å². The molecule has 2 amide bonds. The van der Waals surface area contributed by atoms with Crippen molar-refractivity contribution in [2.24, 2.45) is 5.73 Å². The fraction of sp³-hybridized carbons (Fsp3) is 0.520. The minimum absolute atomic E-state index is 0.0259. The predicted molar refractivity (Wildman–Crippen MR) is 128 cm³/mol. The standard InChI is InChI=1S/C25H35N3O7/c1-16(29)9-12-21(18(3)31)28-24(33)20(26)11-14-23(32)27-22(13-10-17(2)30)25(34)35-15-19-7-5-4-6-8-19/h4-8,20-22H,9-15,26H2,1-3H3,(H,27,32)(H,28,33). The Bertz CT molecular complexity index is 902. The maximum Gasteiger partial charge on any atom is 0.328 e. The molecular formula is C25H35N3O7. The number of ketones is 3. The number of Topliss-reactive ketones (excluding diaryl/α,β-unsaturated/α-hetero) is 3. The van der Waals surface area contributed by atoms with Crippen molar-refractivity contribution in [3.63, 3.8) is 0 Å². The fourth-order valence-corrected chi connectivity index (χ4v) is 3.11. The topological polar surface area (TPSA) is 162 Å². The van der Waals surface area contributed by atoms with Gasteiger partial charge in [0.05, 0.1) is 12.1 Å². The summed E-state index contributed by atoms with van der Waals surface area (Å²) in [5, 5.41) is 5.06. The first-order valence-electron chi connectivity index (χ1n) is 11.5. The quantitative estimate of drug-likeness (QED) is 0.291. The number of amides is 2. The van der Waals surface area contributed by atoms with Crippen LogP contribution in [0.25, 0.3) is 0 Å². The molecule has 0 aromatic heterocycles. The third-order valence-corrected chi connectivity index (χ3v) is 5.24. The van der Waals surface area contributed by atoms with E-state index in [4.69, 9.17) is 10.5 Å². The summed E-state index contributed by atoms with van der Waals surface area (Å²) in [5.74, 6) is -2.35. The van der Waals surface area contributed by atoms with Gasteiger partial charge >= 0.3 is 5.97 Å². The van der Waals surface area contributed by atoms with E-state index in [1.54, 1.807) is 24.3 Å². The molecule has 10 nitrogen and oxygen atoms in total. The lowest BCUT2D eigenvalue weighted by Gasteiger charge is -2.20. The Balaban J connectivity index is 2.60. The number of ether oxygens (including phenoxy) is 1. The number of carbonyl (C=O) groups is 6. The molecule has 1 aromatic rings. The molecular weight excluding hydrogens is 454 g/mol. The zero-order valence-electron chi connectivity index (χ0n) is 20.5. The summed E-state index contributed by atoms with van der Waals surface area (Å²) >= 11 is 0. The van der Waals surface area contributed by atoms with Crippen molar-refractivity contribution in [2.75, 3.05) is 0 Å². The van der Waals surface area contributed by atoms with Crippen LogP contribution in [0.4, 0.5) is 0 Å². The Morgan fingerprint density at radius 1 is 0.800 bits per heavy atom. The number of esters is 1. The number of nitrogens with one attached hydrogen (secondary N) is 2. The van der Waals surface area contributed by atoms with E-state index in [0.29, 0.717) is 0 Å². The van der Waals surface area contributed by atoms with Crippen LogP contribution in [0.3, 0.4) is 0 Å². The highest BCUT2D eigenvalue weighted by Crippen LogP contribution is 2.07. The lowest BCUT2D eigenvalue weighted by Crippen LogP contribution is -2.48. The van der Waals surface area contributed by atoms with Crippen LogP contribution in [-0.2, 0) is 40.1 Å². The number of hydrogen-bond donors (Lipinski definition) is 3. The molecule has 0 fully saturated rings. The van der Waals surface area contributed by atoms with Crippen LogP contribution in [0.5, 0.6) is 0 Å². The number of nitrogens with two attached hydrogens (primary N) is 1. The van der Waals surface area contributed by atoms with Crippen LogP contribution in [0, 0.1) is 0 Å². The van der Waals surface area contributed by atoms with Gasteiger partial charge in [0.25, 0.3) is 0 Å². The second-order valence-corrected chi connectivity index (χ2v) is 8.51. The average molecular weight is 490 g/mol. The maximum absolute atomic E-state index is 12.5. The predicted octanol–water partition coefficient (Wildman–Crippen LogP) is 1.13. The molecule has 3 unspecified atom stereocenters. The van der Waals surface area contributed by atoms with Gasteiger partial charge in [-0.1, -0.05) is 30.3 Å². The van der Waals surface area contributed by atoms with Gasteiger partial charge in [-0.25, -0.2) is 4.79 Å². The van der Waals surface area contributed by atoms with E-state index in [1.165, 1.54) is 20.8 Å². The highest BCUT2D eigenvalue weighted by molar-refractivity contribution is 5.90. The lowest BCUT2D eigenvalue weighted by molar-refractivity contribution is -0.149. The molecule has 4 N–H and O–H groups in total. The lowest BCUT2D eigenvalue weighted by atomic mass is 10.0. The normalized spacial score (nSPS) is 13.1. The second-order valence-electron chi connectivity index (χ2n) is 8.51. The first-order chi connectivity index (χ1) is 16.5. The Labute approximate surface area is 205 Å². The molecule has 0 saturated heterocycles. The number of hydrogen-bond acceptors (Lipinski definition) is 8. The summed E-state index contributed by atoms with van der Waals surface area (Å²) in [6, 6.07) is 6.10. The molecule has 0 spiro atoms. The molecule has 0 aliphatic carbocycles. The summed E-state index contributed by atoms with van der Waals surface area (Å²) in [4.78, 5) is 71.5. The molecule has 0 bridgehead atoms. The van der Waals surface area contributed by atoms with Crippen molar-refractivity contribution in [3.05, 3.63) is 35.9 Å². The maximum atomic E-state index is 12.5. The van der Waals surface area contributed by atoms with Crippen LogP contribution in [-0.4, -0.2) is 53.3 Å². The molecule has 35 heavy (non-hydrogen) atoms. The van der Waals surface area contributed by atoms with Crippen molar-refractivity contribution in [3.8, 4) is 0 Å². The van der Waals surface area contributed by atoms with Crippen molar-refractivity contribution in [1.29, 1.82) is 0 Å². The van der Waals surface area contributed by atoms with Crippen molar-refractivity contribution in [2.45, 2.75) is 84.0 Å². The Morgan fingerprint density at radius 2 is 1.37 bits per heavy atom. The van der Waals surface area contributed by atoms with Crippen molar-refractivity contribution < 1.29 is 33.5 Å². The summed E-state index contributed by atoms with van der Waals surface area (Å²) in [6.45, 7) is 4.11. The summed E-state index contributed by atoms with van der Waals surface area (Å²) in [7, 11) is 0. The minimum atomic E-state index is -1.07. The Hall–Kier alpha value is -3.40. The molecule has 1 rings (SSSR count). The highest BCUT2D eigenvalue weighted by Gasteiger charge is 2.25. The van der Waals surface area contributed by atoms with Crippen molar-refractivity contribution in [1.82, 2.24) is 10.6 Å². The SMILES string of the molecule is CC(=O)CCC(NC(=O)C(N)CCC(=O)NC(CCC(C)=O)C(=O)OCc1ccccc1)C(C)=O. The van der Waals surface area contributed by atoms with Crippen LogP contribution < -0.4 is 16.4 Å². The smallest absolute Gasteiger partial charge is 0.328 e. The van der Waals surface area contributed by atoms with E-state index in [0.717, 1.165) is 5.56 Å².